The third-order valence-electron chi connectivity index (χ3n) is 4.89. The average molecular weight is 365 g/mol. The van der Waals surface area contributed by atoms with Gasteiger partial charge in [-0.2, -0.15) is 11.8 Å². The van der Waals surface area contributed by atoms with E-state index in [1.54, 1.807) is 12.1 Å². The van der Waals surface area contributed by atoms with Crippen molar-refractivity contribution < 1.29 is 14.5 Å². The zero-order chi connectivity index (χ0) is 17.7. The molecule has 2 aliphatic rings. The van der Waals surface area contributed by atoms with Gasteiger partial charge in [0.25, 0.3) is 5.69 Å². The molecule has 2 saturated heterocycles. The first kappa shape index (κ1) is 18.2. The van der Waals surface area contributed by atoms with Crippen LogP contribution >= 0.6 is 11.8 Å². The lowest BCUT2D eigenvalue weighted by Gasteiger charge is -2.43. The smallest absolute Gasteiger partial charge is 0.269 e. The van der Waals surface area contributed by atoms with Gasteiger partial charge in [-0.3, -0.25) is 19.8 Å². The first-order valence-electron chi connectivity index (χ1n) is 8.50. The van der Waals surface area contributed by atoms with Crippen LogP contribution in [0.2, 0.25) is 0 Å². The minimum Gasteiger partial charge on any atom is -0.379 e. The molecule has 8 heteroatoms. The number of nitrogens with one attached hydrogen (secondary N) is 1. The molecule has 2 fully saturated rings. The Morgan fingerprint density at radius 3 is 2.64 bits per heavy atom. The minimum atomic E-state index is -0.437. The summed E-state index contributed by atoms with van der Waals surface area (Å²) in [5.41, 5.74) is 0.849. The molecule has 0 aromatic heterocycles. The lowest BCUT2D eigenvalue weighted by molar-refractivity contribution is -0.384. The highest BCUT2D eigenvalue weighted by Gasteiger charge is 2.40. The van der Waals surface area contributed by atoms with Gasteiger partial charge in [0.05, 0.1) is 24.6 Å². The predicted octanol–water partition coefficient (Wildman–Crippen LogP) is 1.46. The van der Waals surface area contributed by atoms with E-state index in [0.717, 1.165) is 49.8 Å². The number of thioether (sulfide) groups is 1. The lowest BCUT2D eigenvalue weighted by Crippen LogP contribution is -2.59. The zero-order valence-corrected chi connectivity index (χ0v) is 14.9. The van der Waals surface area contributed by atoms with Gasteiger partial charge in [-0.25, -0.2) is 0 Å². The van der Waals surface area contributed by atoms with Crippen LogP contribution in [0.5, 0.6) is 0 Å². The maximum atomic E-state index is 12.3. The Bertz CT molecular complexity index is 611. The number of ether oxygens (including phenoxy) is 1. The van der Waals surface area contributed by atoms with E-state index in [2.05, 4.69) is 10.2 Å². The molecule has 136 valence electrons. The van der Waals surface area contributed by atoms with Crippen molar-refractivity contribution >= 4 is 23.4 Å². The molecule has 0 aliphatic carbocycles. The maximum absolute atomic E-state index is 12.3. The van der Waals surface area contributed by atoms with Crippen LogP contribution in [0.15, 0.2) is 24.3 Å². The second-order valence-corrected chi connectivity index (χ2v) is 7.61. The Kier molecular flexibility index (Phi) is 5.93. The van der Waals surface area contributed by atoms with E-state index in [4.69, 9.17) is 4.74 Å². The standard InChI is InChI=1S/C17H23N3O4S/c21-16(11-14-1-3-15(4-2-14)20(22)23)18-12-17(5-10-25-13-17)19-6-8-24-9-7-19/h1-4H,5-13H2,(H,18,21). The molecule has 1 aromatic carbocycles. The third kappa shape index (κ3) is 4.50. The Morgan fingerprint density at radius 1 is 1.32 bits per heavy atom. The highest BCUT2D eigenvalue weighted by molar-refractivity contribution is 7.99. The normalized spacial score (nSPS) is 24.2. The van der Waals surface area contributed by atoms with Gasteiger partial charge in [-0.15, -0.1) is 0 Å². The van der Waals surface area contributed by atoms with Crippen molar-refractivity contribution in [3.05, 3.63) is 39.9 Å². The molecule has 2 aliphatic heterocycles. The minimum absolute atomic E-state index is 0.0274. The van der Waals surface area contributed by atoms with E-state index in [-0.39, 0.29) is 23.6 Å². The summed E-state index contributed by atoms with van der Waals surface area (Å²) in [5, 5.41) is 13.8. The van der Waals surface area contributed by atoms with Crippen molar-refractivity contribution in [2.24, 2.45) is 0 Å². The van der Waals surface area contributed by atoms with Crippen LogP contribution in [-0.2, 0) is 16.0 Å². The van der Waals surface area contributed by atoms with Gasteiger partial charge >= 0.3 is 0 Å². The van der Waals surface area contributed by atoms with Gasteiger partial charge in [-0.05, 0) is 17.7 Å². The predicted molar refractivity (Wildman–Crippen MR) is 96.9 cm³/mol. The molecular formula is C17H23N3O4S. The highest BCUT2D eigenvalue weighted by atomic mass is 32.2. The molecule has 1 unspecified atom stereocenters. The van der Waals surface area contributed by atoms with Gasteiger partial charge in [-0.1, -0.05) is 12.1 Å². The van der Waals surface area contributed by atoms with Crippen LogP contribution < -0.4 is 5.32 Å². The molecule has 0 bridgehead atoms. The SMILES string of the molecule is O=C(Cc1ccc([N+](=O)[O-])cc1)NCC1(N2CCOCC2)CCSC1. The lowest BCUT2D eigenvalue weighted by atomic mass is 9.95. The highest BCUT2D eigenvalue weighted by Crippen LogP contribution is 2.33. The number of benzene rings is 1. The number of nitrogens with zero attached hydrogens (tertiary/aromatic N) is 2. The summed E-state index contributed by atoms with van der Waals surface area (Å²) in [6, 6.07) is 6.15. The molecule has 7 nitrogen and oxygen atoms in total. The summed E-state index contributed by atoms with van der Waals surface area (Å²) >= 11 is 1.94. The van der Waals surface area contributed by atoms with Gasteiger partial charge in [0.2, 0.25) is 5.91 Å². The van der Waals surface area contributed by atoms with E-state index in [1.165, 1.54) is 12.1 Å². The first-order valence-corrected chi connectivity index (χ1v) is 9.65. The number of amides is 1. The fourth-order valence-corrected chi connectivity index (χ4v) is 4.86. The largest absolute Gasteiger partial charge is 0.379 e. The monoisotopic (exact) mass is 365 g/mol. The van der Waals surface area contributed by atoms with Crippen molar-refractivity contribution in [2.45, 2.75) is 18.4 Å². The molecular weight excluding hydrogens is 342 g/mol. The van der Waals surface area contributed by atoms with E-state index in [9.17, 15) is 14.9 Å². The van der Waals surface area contributed by atoms with E-state index in [1.807, 2.05) is 11.8 Å². The van der Waals surface area contributed by atoms with Crippen molar-refractivity contribution in [2.75, 3.05) is 44.4 Å². The molecule has 1 amide bonds. The van der Waals surface area contributed by atoms with Crippen LogP contribution in [-0.4, -0.2) is 65.6 Å². The number of morpholine rings is 1. The van der Waals surface area contributed by atoms with Crippen molar-refractivity contribution in [3.8, 4) is 0 Å². The molecule has 0 saturated carbocycles. The van der Waals surface area contributed by atoms with Crippen molar-refractivity contribution in [1.82, 2.24) is 10.2 Å². The summed E-state index contributed by atoms with van der Waals surface area (Å²) in [5.74, 6) is 2.11. The van der Waals surface area contributed by atoms with Crippen LogP contribution in [0.4, 0.5) is 5.69 Å². The second kappa shape index (κ2) is 8.16. The Labute approximate surface area is 151 Å². The third-order valence-corrected chi connectivity index (χ3v) is 6.13. The summed E-state index contributed by atoms with van der Waals surface area (Å²) in [6.45, 7) is 3.98. The number of hydrogen-bond donors (Lipinski definition) is 1. The van der Waals surface area contributed by atoms with Gasteiger partial charge in [0, 0.05) is 43.1 Å². The number of rotatable bonds is 6. The Hall–Kier alpha value is -1.64. The van der Waals surface area contributed by atoms with Gasteiger partial charge in [0.15, 0.2) is 0 Å². The van der Waals surface area contributed by atoms with E-state index < -0.39 is 4.92 Å². The summed E-state index contributed by atoms with van der Waals surface area (Å²) < 4.78 is 5.45. The molecule has 3 rings (SSSR count). The molecule has 1 aromatic rings. The zero-order valence-electron chi connectivity index (χ0n) is 14.1. The number of carbonyl (C=O) groups excluding carboxylic acids is 1. The quantitative estimate of drug-likeness (QED) is 0.607. The van der Waals surface area contributed by atoms with Gasteiger partial charge in [0.1, 0.15) is 0 Å². The van der Waals surface area contributed by atoms with Crippen LogP contribution in [0, 0.1) is 10.1 Å². The number of nitro benzene ring substituents is 1. The molecule has 25 heavy (non-hydrogen) atoms. The number of carbonyl (C=O) groups is 1. The number of hydrogen-bond acceptors (Lipinski definition) is 6. The van der Waals surface area contributed by atoms with Crippen LogP contribution in [0.3, 0.4) is 0 Å². The Balaban J connectivity index is 1.55. The molecule has 0 radical (unpaired) electrons. The van der Waals surface area contributed by atoms with Crippen molar-refractivity contribution in [3.63, 3.8) is 0 Å². The van der Waals surface area contributed by atoms with Crippen molar-refractivity contribution in [1.29, 1.82) is 0 Å². The Morgan fingerprint density at radius 2 is 2.04 bits per heavy atom. The average Bonchev–Trinajstić information content (AvgIpc) is 3.11. The summed E-state index contributed by atoms with van der Waals surface area (Å²) in [4.78, 5) is 25.0. The van der Waals surface area contributed by atoms with E-state index >= 15 is 0 Å². The first-order chi connectivity index (χ1) is 12.1. The van der Waals surface area contributed by atoms with Crippen LogP contribution in [0.1, 0.15) is 12.0 Å². The maximum Gasteiger partial charge on any atom is 0.269 e. The van der Waals surface area contributed by atoms with E-state index in [0.29, 0.717) is 6.54 Å². The summed E-state index contributed by atoms with van der Waals surface area (Å²) in [7, 11) is 0. The molecule has 2 heterocycles. The number of nitro groups is 1. The summed E-state index contributed by atoms with van der Waals surface area (Å²) in [6.07, 6.45) is 1.32. The fraction of sp³-hybridized carbons (Fsp3) is 0.588. The topological polar surface area (TPSA) is 84.7 Å². The number of non-ortho nitro benzene ring substituents is 1. The molecule has 1 atom stereocenters. The van der Waals surface area contributed by atoms with Crippen LogP contribution in [0.25, 0.3) is 0 Å². The second-order valence-electron chi connectivity index (χ2n) is 6.50. The van der Waals surface area contributed by atoms with Gasteiger partial charge < -0.3 is 10.1 Å². The fourth-order valence-electron chi connectivity index (χ4n) is 3.38. The molecule has 0 spiro atoms. The molecule has 1 N–H and O–H groups in total.